The summed E-state index contributed by atoms with van der Waals surface area (Å²) in [4.78, 5) is 8.39. The molecule has 38 heavy (non-hydrogen) atoms. The van der Waals surface area contributed by atoms with E-state index in [-0.39, 0.29) is 0 Å². The van der Waals surface area contributed by atoms with Crippen LogP contribution in [0, 0.1) is 20.8 Å². The van der Waals surface area contributed by atoms with Crippen LogP contribution in [0.5, 0.6) is 0 Å². The molecule has 0 bridgehead atoms. The topological polar surface area (TPSA) is 48.8 Å². The van der Waals surface area contributed by atoms with Crippen molar-refractivity contribution in [2.75, 3.05) is 7.05 Å². The van der Waals surface area contributed by atoms with Gasteiger partial charge < -0.3 is 10.6 Å². The molecule has 0 unspecified atom stereocenters. The molecule has 2 aromatic rings. The van der Waals surface area contributed by atoms with E-state index in [1.807, 2.05) is 39.8 Å². The molecule has 0 heterocycles. The number of rotatable bonds is 10. The van der Waals surface area contributed by atoms with Crippen molar-refractivity contribution in [2.24, 2.45) is 9.98 Å². The molecule has 0 atom stereocenters. The quantitative estimate of drug-likeness (QED) is 0.248. The Bertz CT molecular complexity index is 1160. The summed E-state index contributed by atoms with van der Waals surface area (Å²) in [6, 6.07) is 12.9. The first-order valence-corrected chi connectivity index (χ1v) is 12.8. The standard InChI is InChI=1S/C19H25N3.C12H17N.C3H6/c1-7-19-9-8-18(12-14(19)2)13-21-16(4)17(5)22-15(3)10-11-20-6;1-9(2)13-8-12-6-5-10(3)11(4)7-12;1-3-2/h7-12,21H,1,4,13H2,2-3,5-6H3;5-7,13H,1,8H2,2-4H3;3H,1H2,2H3/b15-10+,20-11?,22-17?;;. The molecular weight excluding hydrogens is 464 g/mol. The second kappa shape index (κ2) is 19.2. The number of hydrogen-bond donors (Lipinski definition) is 2. The lowest BCUT2D eigenvalue weighted by Crippen LogP contribution is -2.17. The van der Waals surface area contributed by atoms with Crippen LogP contribution in [-0.4, -0.2) is 19.0 Å². The number of aryl methyl sites for hydroxylation is 3. The molecule has 0 aliphatic carbocycles. The van der Waals surface area contributed by atoms with E-state index in [4.69, 9.17) is 0 Å². The predicted octanol–water partition coefficient (Wildman–Crippen LogP) is 8.43. The van der Waals surface area contributed by atoms with Crippen LogP contribution in [0.1, 0.15) is 61.1 Å². The van der Waals surface area contributed by atoms with Crippen molar-refractivity contribution in [2.45, 2.75) is 61.6 Å². The number of allylic oxidation sites excluding steroid dienone is 5. The van der Waals surface area contributed by atoms with Crippen LogP contribution in [0.4, 0.5) is 0 Å². The molecule has 0 amide bonds. The van der Waals surface area contributed by atoms with Gasteiger partial charge in [-0.25, -0.2) is 0 Å². The summed E-state index contributed by atoms with van der Waals surface area (Å²) < 4.78 is 0. The summed E-state index contributed by atoms with van der Waals surface area (Å²) in [7, 11) is 1.74. The molecule has 0 aliphatic rings. The van der Waals surface area contributed by atoms with Crippen LogP contribution in [0.2, 0.25) is 0 Å². The molecule has 0 saturated carbocycles. The summed E-state index contributed by atoms with van der Waals surface area (Å²) in [5, 5.41) is 6.53. The molecule has 2 aromatic carbocycles. The molecule has 4 nitrogen and oxygen atoms in total. The van der Waals surface area contributed by atoms with Gasteiger partial charge in [-0.05, 0) is 87.9 Å². The number of benzene rings is 2. The van der Waals surface area contributed by atoms with Crippen molar-refractivity contribution in [3.8, 4) is 0 Å². The van der Waals surface area contributed by atoms with Crippen molar-refractivity contribution in [1.29, 1.82) is 0 Å². The van der Waals surface area contributed by atoms with Gasteiger partial charge in [-0.2, -0.15) is 0 Å². The minimum Gasteiger partial charge on any atom is -0.385 e. The van der Waals surface area contributed by atoms with Crippen LogP contribution >= 0.6 is 0 Å². The Morgan fingerprint density at radius 2 is 1.39 bits per heavy atom. The minimum absolute atomic E-state index is 0.725. The van der Waals surface area contributed by atoms with E-state index in [0.29, 0.717) is 0 Å². The Morgan fingerprint density at radius 3 is 1.89 bits per heavy atom. The van der Waals surface area contributed by atoms with Gasteiger partial charge in [-0.15, -0.1) is 6.58 Å². The second-order valence-corrected chi connectivity index (χ2v) is 9.10. The molecule has 0 saturated heterocycles. The third-order valence-corrected chi connectivity index (χ3v) is 5.47. The fraction of sp³-hybridized carbons (Fsp3) is 0.294. The van der Waals surface area contributed by atoms with Gasteiger partial charge in [0.05, 0.1) is 5.71 Å². The van der Waals surface area contributed by atoms with Gasteiger partial charge in [-0.3, -0.25) is 9.98 Å². The van der Waals surface area contributed by atoms with E-state index in [2.05, 4.69) is 104 Å². The van der Waals surface area contributed by atoms with Crippen LogP contribution in [0.3, 0.4) is 0 Å². The molecule has 204 valence electrons. The predicted molar refractivity (Wildman–Crippen MR) is 172 cm³/mol. The van der Waals surface area contributed by atoms with Gasteiger partial charge in [0.2, 0.25) is 0 Å². The normalized spacial score (nSPS) is 10.9. The summed E-state index contributed by atoms with van der Waals surface area (Å²) in [6.45, 7) is 30.7. The molecule has 0 aliphatic heterocycles. The lowest BCUT2D eigenvalue weighted by atomic mass is 10.1. The zero-order valence-corrected chi connectivity index (χ0v) is 24.9. The largest absolute Gasteiger partial charge is 0.385 e. The highest BCUT2D eigenvalue weighted by molar-refractivity contribution is 5.97. The maximum atomic E-state index is 4.48. The van der Waals surface area contributed by atoms with Crippen LogP contribution < -0.4 is 10.6 Å². The van der Waals surface area contributed by atoms with Gasteiger partial charge in [0, 0.05) is 43.4 Å². The number of nitrogens with one attached hydrogen (secondary N) is 2. The van der Waals surface area contributed by atoms with E-state index < -0.39 is 0 Å². The molecule has 0 aromatic heterocycles. The first kappa shape index (κ1) is 34.1. The summed E-state index contributed by atoms with van der Waals surface area (Å²) in [6.07, 6.45) is 7.22. The van der Waals surface area contributed by atoms with E-state index in [9.17, 15) is 0 Å². The van der Waals surface area contributed by atoms with Gasteiger partial charge in [0.1, 0.15) is 0 Å². The van der Waals surface area contributed by atoms with Crippen LogP contribution in [0.15, 0.2) is 102 Å². The van der Waals surface area contributed by atoms with Gasteiger partial charge >= 0.3 is 0 Å². The summed E-state index contributed by atoms with van der Waals surface area (Å²) in [5.74, 6) is 0. The second-order valence-electron chi connectivity index (χ2n) is 9.10. The van der Waals surface area contributed by atoms with Crippen molar-refractivity contribution >= 4 is 18.0 Å². The monoisotopic (exact) mass is 512 g/mol. The Labute approximate surface area is 232 Å². The number of hydrogen-bond acceptors (Lipinski definition) is 4. The average molecular weight is 513 g/mol. The molecule has 0 radical (unpaired) electrons. The molecule has 4 heteroatoms. The highest BCUT2D eigenvalue weighted by Crippen LogP contribution is 2.13. The molecule has 2 rings (SSSR count). The van der Waals surface area contributed by atoms with Crippen LogP contribution in [0.25, 0.3) is 6.08 Å². The van der Waals surface area contributed by atoms with Gasteiger partial charge in [0.25, 0.3) is 0 Å². The summed E-state index contributed by atoms with van der Waals surface area (Å²) >= 11 is 0. The molecular formula is C34H48N4. The Kier molecular flexibility index (Phi) is 17.2. The van der Waals surface area contributed by atoms with Gasteiger partial charge in [0.15, 0.2) is 0 Å². The smallest absolute Gasteiger partial charge is 0.0600 e. The Morgan fingerprint density at radius 1 is 0.842 bits per heavy atom. The van der Waals surface area contributed by atoms with E-state index in [0.717, 1.165) is 35.9 Å². The van der Waals surface area contributed by atoms with Crippen molar-refractivity contribution in [1.82, 2.24) is 10.6 Å². The molecule has 2 N–H and O–H groups in total. The van der Waals surface area contributed by atoms with Crippen LogP contribution in [-0.2, 0) is 13.1 Å². The van der Waals surface area contributed by atoms with Crippen molar-refractivity contribution in [3.05, 3.63) is 125 Å². The summed E-state index contributed by atoms with van der Waals surface area (Å²) in [5.41, 5.74) is 11.2. The number of nitrogens with zero attached hydrogens (tertiary/aromatic N) is 2. The lowest BCUT2D eigenvalue weighted by molar-refractivity contribution is 0.814. The minimum atomic E-state index is 0.725. The third kappa shape index (κ3) is 14.6. The first-order valence-electron chi connectivity index (χ1n) is 12.8. The fourth-order valence-corrected chi connectivity index (χ4v) is 3.13. The molecule has 0 spiro atoms. The van der Waals surface area contributed by atoms with Gasteiger partial charge in [-0.1, -0.05) is 68.3 Å². The maximum absolute atomic E-state index is 4.48. The fourth-order valence-electron chi connectivity index (χ4n) is 3.13. The highest BCUT2D eigenvalue weighted by Gasteiger charge is 2.01. The first-order chi connectivity index (χ1) is 18.0. The third-order valence-electron chi connectivity index (χ3n) is 5.47. The average Bonchev–Trinajstić information content (AvgIpc) is 2.87. The zero-order chi connectivity index (χ0) is 29.1. The van der Waals surface area contributed by atoms with Crippen molar-refractivity contribution < 1.29 is 0 Å². The van der Waals surface area contributed by atoms with E-state index in [1.165, 1.54) is 33.4 Å². The van der Waals surface area contributed by atoms with E-state index in [1.54, 1.807) is 19.3 Å². The molecule has 0 fully saturated rings. The SMILES string of the molecule is C=C(C)NCc1ccc(C)c(C)c1.C=CC.C=Cc1ccc(CNC(=C)C(C)=N/C(C)=C/C=NC)cc1C. The van der Waals surface area contributed by atoms with Crippen molar-refractivity contribution in [3.63, 3.8) is 0 Å². The Balaban J connectivity index is 0.000000722. The zero-order valence-electron chi connectivity index (χ0n) is 24.9. The Hall–Kier alpha value is -3.92. The number of aliphatic imine (C=N–C) groups is 2. The van der Waals surface area contributed by atoms with E-state index >= 15 is 0 Å². The highest BCUT2D eigenvalue weighted by atomic mass is 14.9. The maximum Gasteiger partial charge on any atom is 0.0600 e. The lowest BCUT2D eigenvalue weighted by Gasteiger charge is -2.11.